The van der Waals surface area contributed by atoms with Gasteiger partial charge in [0.15, 0.2) is 0 Å². The summed E-state index contributed by atoms with van der Waals surface area (Å²) < 4.78 is 17.6. The molecule has 1 heterocycles. The van der Waals surface area contributed by atoms with Gasteiger partial charge in [0.25, 0.3) is 5.91 Å². The Bertz CT molecular complexity index is 606. The smallest absolute Gasteiger partial charge is 0.426 e. The van der Waals surface area contributed by atoms with Crippen LogP contribution in [-0.4, -0.2) is 42.5 Å². The minimum absolute atomic E-state index is 0.199. The molecule has 0 aliphatic carbocycles. The topological polar surface area (TPSA) is 87.7 Å². The first kappa shape index (κ1) is 17.7. The van der Waals surface area contributed by atoms with E-state index in [1.807, 2.05) is 0 Å². The highest BCUT2D eigenvalue weighted by molar-refractivity contribution is 5.94. The number of carbonyl (C=O) groups excluding carboxylic acids is 3. The fourth-order valence-electron chi connectivity index (χ4n) is 2.53. The third-order valence-corrected chi connectivity index (χ3v) is 3.73. The van der Waals surface area contributed by atoms with E-state index in [4.69, 9.17) is 0 Å². The number of rotatable bonds is 3. The average Bonchev–Trinajstić information content (AvgIpc) is 2.60. The molecule has 1 atom stereocenters. The van der Waals surface area contributed by atoms with Crippen molar-refractivity contribution in [2.24, 2.45) is 5.92 Å². The summed E-state index contributed by atoms with van der Waals surface area (Å²) in [6.07, 6.45) is 0.550. The molecule has 24 heavy (non-hydrogen) atoms. The number of piperidine rings is 1. The number of amides is 3. The van der Waals surface area contributed by atoms with E-state index >= 15 is 0 Å². The van der Waals surface area contributed by atoms with Crippen molar-refractivity contribution < 1.29 is 23.5 Å². The first-order valence-corrected chi connectivity index (χ1v) is 7.78. The quantitative estimate of drug-likeness (QED) is 0.818. The second-order valence-electron chi connectivity index (χ2n) is 5.43. The molecule has 1 saturated heterocycles. The van der Waals surface area contributed by atoms with Gasteiger partial charge in [-0.25, -0.2) is 14.6 Å². The molecule has 1 aliphatic rings. The van der Waals surface area contributed by atoms with Gasteiger partial charge >= 0.3 is 6.09 Å². The second kappa shape index (κ2) is 8.28. The second-order valence-corrected chi connectivity index (χ2v) is 5.43. The number of nitrogens with zero attached hydrogens (tertiary/aromatic N) is 1. The molecule has 2 rings (SSSR count). The Morgan fingerprint density at radius 2 is 1.96 bits per heavy atom. The number of ether oxygens (including phenoxy) is 1. The highest BCUT2D eigenvalue weighted by Crippen LogP contribution is 2.19. The molecule has 3 amide bonds. The molecule has 0 saturated carbocycles. The third kappa shape index (κ3) is 4.68. The van der Waals surface area contributed by atoms with E-state index in [-0.39, 0.29) is 25.0 Å². The summed E-state index contributed by atoms with van der Waals surface area (Å²) >= 11 is 0. The largest absolute Gasteiger partial charge is 0.449 e. The SMILES string of the molecule is CCOC(=O)NNC(=O)C1CCCN(C(=O)c2ccc(F)cc2)C1. The Morgan fingerprint density at radius 1 is 1.25 bits per heavy atom. The highest BCUT2D eigenvalue weighted by atomic mass is 19.1. The molecule has 0 radical (unpaired) electrons. The zero-order chi connectivity index (χ0) is 17.5. The van der Waals surface area contributed by atoms with Gasteiger partial charge < -0.3 is 9.64 Å². The van der Waals surface area contributed by atoms with Gasteiger partial charge in [-0.2, -0.15) is 0 Å². The van der Waals surface area contributed by atoms with Crippen molar-refractivity contribution in [2.45, 2.75) is 19.8 Å². The number of likely N-dealkylation sites (tertiary alicyclic amines) is 1. The van der Waals surface area contributed by atoms with Crippen LogP contribution in [0.5, 0.6) is 0 Å². The zero-order valence-electron chi connectivity index (χ0n) is 13.4. The molecule has 1 unspecified atom stereocenters. The normalized spacial score (nSPS) is 17.1. The molecule has 0 bridgehead atoms. The van der Waals surface area contributed by atoms with Gasteiger partial charge in [0, 0.05) is 18.7 Å². The van der Waals surface area contributed by atoms with Gasteiger partial charge in [-0.05, 0) is 44.0 Å². The Labute approximate surface area is 139 Å². The molecular formula is C16H20FN3O4. The molecule has 130 valence electrons. The number of nitrogens with one attached hydrogen (secondary N) is 2. The van der Waals surface area contributed by atoms with Gasteiger partial charge in [-0.3, -0.25) is 15.0 Å². The van der Waals surface area contributed by atoms with Crippen LogP contribution in [0.25, 0.3) is 0 Å². The van der Waals surface area contributed by atoms with Crippen LogP contribution < -0.4 is 10.9 Å². The van der Waals surface area contributed by atoms with Crippen molar-refractivity contribution in [3.05, 3.63) is 35.6 Å². The Balaban J connectivity index is 1.91. The first-order valence-electron chi connectivity index (χ1n) is 7.78. The van der Waals surface area contributed by atoms with Crippen LogP contribution in [-0.2, 0) is 9.53 Å². The minimum Gasteiger partial charge on any atom is -0.449 e. The first-order chi connectivity index (χ1) is 11.5. The van der Waals surface area contributed by atoms with Crippen molar-refractivity contribution in [3.8, 4) is 0 Å². The fourth-order valence-corrected chi connectivity index (χ4v) is 2.53. The number of hydrazine groups is 1. The standard InChI is InChI=1S/C16H20FN3O4/c1-2-24-16(23)19-18-14(21)12-4-3-9-20(10-12)15(22)11-5-7-13(17)8-6-11/h5-8,12H,2-4,9-10H2,1H3,(H,18,21)(H,19,23). The molecule has 0 aromatic heterocycles. The Kier molecular flexibility index (Phi) is 6.11. The molecule has 1 aliphatic heterocycles. The summed E-state index contributed by atoms with van der Waals surface area (Å²) in [5.74, 6) is -1.46. The van der Waals surface area contributed by atoms with Crippen LogP contribution in [0, 0.1) is 11.7 Å². The van der Waals surface area contributed by atoms with E-state index in [0.29, 0.717) is 24.9 Å². The van der Waals surface area contributed by atoms with Crippen LogP contribution in [0.15, 0.2) is 24.3 Å². The summed E-state index contributed by atoms with van der Waals surface area (Å²) in [6.45, 7) is 2.63. The van der Waals surface area contributed by atoms with Gasteiger partial charge in [-0.15, -0.1) is 0 Å². The molecule has 1 aromatic rings. The number of benzene rings is 1. The lowest BCUT2D eigenvalue weighted by atomic mass is 9.96. The van der Waals surface area contributed by atoms with Gasteiger partial charge in [0.2, 0.25) is 5.91 Å². The lowest BCUT2D eigenvalue weighted by molar-refractivity contribution is -0.127. The number of halogens is 1. The van der Waals surface area contributed by atoms with E-state index in [1.54, 1.807) is 11.8 Å². The minimum atomic E-state index is -0.735. The zero-order valence-corrected chi connectivity index (χ0v) is 13.4. The highest BCUT2D eigenvalue weighted by Gasteiger charge is 2.29. The van der Waals surface area contributed by atoms with Gasteiger partial charge in [0.1, 0.15) is 5.82 Å². The number of carbonyl (C=O) groups is 3. The fraction of sp³-hybridized carbons (Fsp3) is 0.438. The van der Waals surface area contributed by atoms with Crippen LogP contribution in [0.2, 0.25) is 0 Å². The average molecular weight is 337 g/mol. The van der Waals surface area contributed by atoms with Crippen LogP contribution in [0.4, 0.5) is 9.18 Å². The van der Waals surface area contributed by atoms with E-state index in [0.717, 1.165) is 0 Å². The molecule has 1 fully saturated rings. The maximum atomic E-state index is 12.9. The molecule has 8 heteroatoms. The van der Waals surface area contributed by atoms with Crippen LogP contribution in [0.3, 0.4) is 0 Å². The van der Waals surface area contributed by atoms with Gasteiger partial charge in [0.05, 0.1) is 12.5 Å². The summed E-state index contributed by atoms with van der Waals surface area (Å²) in [6, 6.07) is 5.29. The Morgan fingerprint density at radius 3 is 2.62 bits per heavy atom. The predicted octanol–water partition coefficient (Wildman–Crippen LogP) is 1.46. The Hall–Kier alpha value is -2.64. The summed E-state index contributed by atoms with van der Waals surface area (Å²) in [7, 11) is 0. The van der Waals surface area contributed by atoms with Crippen molar-refractivity contribution in [2.75, 3.05) is 19.7 Å². The van der Waals surface area contributed by atoms with Crippen molar-refractivity contribution in [1.29, 1.82) is 0 Å². The number of hydrogen-bond donors (Lipinski definition) is 2. The lowest BCUT2D eigenvalue weighted by Gasteiger charge is -2.32. The number of hydrogen-bond acceptors (Lipinski definition) is 4. The van der Waals surface area contributed by atoms with Crippen LogP contribution >= 0.6 is 0 Å². The maximum absolute atomic E-state index is 12.9. The van der Waals surface area contributed by atoms with Crippen molar-refractivity contribution in [3.63, 3.8) is 0 Å². The van der Waals surface area contributed by atoms with Crippen LogP contribution in [0.1, 0.15) is 30.1 Å². The molecule has 0 spiro atoms. The summed E-state index contributed by atoms with van der Waals surface area (Å²) in [4.78, 5) is 37.2. The molecule has 7 nitrogen and oxygen atoms in total. The van der Waals surface area contributed by atoms with Gasteiger partial charge in [-0.1, -0.05) is 0 Å². The molecule has 1 aromatic carbocycles. The van der Waals surface area contributed by atoms with E-state index in [2.05, 4.69) is 15.6 Å². The summed E-state index contributed by atoms with van der Waals surface area (Å²) in [5.41, 5.74) is 4.83. The van der Waals surface area contributed by atoms with E-state index in [9.17, 15) is 18.8 Å². The van der Waals surface area contributed by atoms with Crippen molar-refractivity contribution in [1.82, 2.24) is 15.8 Å². The third-order valence-electron chi connectivity index (χ3n) is 3.73. The molecular weight excluding hydrogens is 317 g/mol. The maximum Gasteiger partial charge on any atom is 0.426 e. The lowest BCUT2D eigenvalue weighted by Crippen LogP contribution is -2.50. The monoisotopic (exact) mass is 337 g/mol. The molecule has 2 N–H and O–H groups in total. The van der Waals surface area contributed by atoms with Crippen molar-refractivity contribution >= 4 is 17.9 Å². The van der Waals surface area contributed by atoms with E-state index < -0.39 is 17.8 Å². The van der Waals surface area contributed by atoms with E-state index in [1.165, 1.54) is 24.3 Å². The predicted molar refractivity (Wildman–Crippen MR) is 83.3 cm³/mol. The summed E-state index contributed by atoms with van der Waals surface area (Å²) in [5, 5.41) is 0.